The van der Waals surface area contributed by atoms with Crippen molar-refractivity contribution in [2.45, 2.75) is 19.3 Å². The Morgan fingerprint density at radius 1 is 0.121 bits per heavy atom. The van der Waals surface area contributed by atoms with Gasteiger partial charge in [-0.05, 0) is 345 Å². The number of anilines is 18. The Bertz CT molecular complexity index is 8030. The van der Waals surface area contributed by atoms with Gasteiger partial charge in [0.15, 0.2) is 0 Å². The third-order valence-corrected chi connectivity index (χ3v) is 32.6. The van der Waals surface area contributed by atoms with Crippen LogP contribution in [0.3, 0.4) is 0 Å². The second kappa shape index (κ2) is 42.4. The van der Waals surface area contributed by atoms with E-state index in [2.05, 4.69) is 626 Å². The van der Waals surface area contributed by atoms with E-state index < -0.39 is 0 Å². The lowest BCUT2D eigenvalue weighted by Crippen LogP contribution is -2.17. The molecule has 0 spiro atoms. The van der Waals surface area contributed by atoms with Crippen LogP contribution in [0.5, 0.6) is 0 Å². The molecule has 20 aromatic carbocycles. The van der Waals surface area contributed by atoms with Crippen molar-refractivity contribution >= 4 is 148 Å². The fourth-order valence-electron chi connectivity index (χ4n) is 20.3. The molecule has 0 amide bonds. The lowest BCUT2D eigenvalue weighted by Gasteiger charge is -2.29. The number of para-hydroxylation sites is 6. The summed E-state index contributed by atoms with van der Waals surface area (Å²) in [7, 11) is 0. The van der Waals surface area contributed by atoms with Crippen molar-refractivity contribution in [3.8, 4) is 106 Å². The molecule has 0 bridgehead atoms. The molecule has 4 aromatic heterocycles. The zero-order chi connectivity index (χ0) is 99.8. The highest BCUT2D eigenvalue weighted by molar-refractivity contribution is 7.20. The van der Waals surface area contributed by atoms with Crippen LogP contribution in [-0.2, 0) is 5.41 Å². The van der Waals surface area contributed by atoms with Gasteiger partial charge in [-0.1, -0.05) is 329 Å². The number of nitrogens with zero attached hydrogens (tertiary/aromatic N) is 6. The van der Waals surface area contributed by atoms with Gasteiger partial charge in [-0.25, -0.2) is 0 Å². The summed E-state index contributed by atoms with van der Waals surface area (Å²) in [5.74, 6) is 0. The van der Waals surface area contributed by atoms with Crippen LogP contribution in [0.15, 0.2) is 582 Å². The van der Waals surface area contributed by atoms with Gasteiger partial charge >= 0.3 is 0 Å². The standard InChI is InChI=1S/C80H58N4S2.C59H44N2S2/c1-7-19-61(20-8-1)77-55-57-79(85-77)63-35-43-71(44-36-63)83(75-51-47-73(48-52-75)81(65-23-11-3-12-24-65)66-25-13-4-14-26-66)69-39-31-59(32-40-69)60-33-41-70(42-34-60)84(72-45-37-64(38-46-72)80-58-56-78(86-80)62-21-9-2-10-22-62)76-53-49-74(50-54-76)82(67-27-15-5-16-28-67)68-29-17-6-18-30-68;1-59(2)53-39-49(60(45-19-11-5-12-20-45)47-27-23-43(24-28-47)57-37-35-55(62-57)41-15-7-3-8-16-41)31-33-51(53)52-34-32-50(40-54(52)59)61(46-21-13-6-14-22-46)48-29-25-44(26-30-48)58-38-36-56(63-58)42-17-9-4-10-18-42/h1-58H;3-40H,1-2H3. The highest BCUT2D eigenvalue weighted by Gasteiger charge is 2.38. The largest absolute Gasteiger partial charge is 0.311 e. The van der Waals surface area contributed by atoms with Crippen LogP contribution < -0.4 is 29.4 Å². The van der Waals surface area contributed by atoms with Crippen molar-refractivity contribution in [2.75, 3.05) is 29.4 Å². The van der Waals surface area contributed by atoms with E-state index in [1.165, 1.54) is 106 Å². The molecular weight excluding hydrogens is 1880 g/mol. The predicted molar refractivity (Wildman–Crippen MR) is 639 cm³/mol. The number of hydrogen-bond acceptors (Lipinski definition) is 10. The molecule has 0 saturated heterocycles. The van der Waals surface area contributed by atoms with E-state index in [4.69, 9.17) is 0 Å². The Balaban J connectivity index is 0.000000167. The number of rotatable bonds is 27. The zero-order valence-electron chi connectivity index (χ0n) is 82.2. The van der Waals surface area contributed by atoms with Crippen molar-refractivity contribution in [2.24, 2.45) is 0 Å². The molecule has 24 aromatic rings. The van der Waals surface area contributed by atoms with Crippen molar-refractivity contribution < 1.29 is 0 Å². The highest BCUT2D eigenvalue weighted by atomic mass is 32.1. The zero-order valence-corrected chi connectivity index (χ0v) is 85.5. The fraction of sp³-hybridized carbons (Fsp3) is 0.0216. The number of hydrogen-bond donors (Lipinski definition) is 0. The maximum Gasteiger partial charge on any atom is 0.0465 e. The third kappa shape index (κ3) is 19.8. The lowest BCUT2D eigenvalue weighted by atomic mass is 9.82. The molecule has 712 valence electrons. The van der Waals surface area contributed by atoms with Crippen molar-refractivity contribution in [3.63, 3.8) is 0 Å². The van der Waals surface area contributed by atoms with Crippen LogP contribution in [0.25, 0.3) is 106 Å². The molecule has 4 heterocycles. The first-order valence-electron chi connectivity index (χ1n) is 50.5. The van der Waals surface area contributed by atoms with Crippen LogP contribution in [-0.4, -0.2) is 0 Å². The maximum atomic E-state index is 2.42. The maximum absolute atomic E-state index is 2.42. The summed E-state index contributed by atoms with van der Waals surface area (Å²) < 4.78 is 0. The second-order valence-electron chi connectivity index (χ2n) is 37.5. The van der Waals surface area contributed by atoms with Crippen molar-refractivity contribution in [3.05, 3.63) is 593 Å². The van der Waals surface area contributed by atoms with Gasteiger partial charge in [-0.2, -0.15) is 0 Å². The van der Waals surface area contributed by atoms with Crippen molar-refractivity contribution in [1.29, 1.82) is 0 Å². The average molecular weight is 1980 g/mol. The molecule has 0 saturated carbocycles. The summed E-state index contributed by atoms with van der Waals surface area (Å²) in [5, 5.41) is 0. The lowest BCUT2D eigenvalue weighted by molar-refractivity contribution is 0.660. The summed E-state index contributed by atoms with van der Waals surface area (Å²) in [6.07, 6.45) is 0. The van der Waals surface area contributed by atoms with Crippen LogP contribution in [0, 0.1) is 0 Å². The van der Waals surface area contributed by atoms with E-state index in [1.807, 2.05) is 45.3 Å². The summed E-state index contributed by atoms with van der Waals surface area (Å²) in [5.41, 5.74) is 36.8. The molecule has 1 aliphatic carbocycles. The van der Waals surface area contributed by atoms with E-state index in [-0.39, 0.29) is 5.41 Å². The van der Waals surface area contributed by atoms with Gasteiger partial charge < -0.3 is 29.4 Å². The molecular formula is C139H102N6S4. The van der Waals surface area contributed by atoms with Gasteiger partial charge in [0.05, 0.1) is 0 Å². The molecule has 25 rings (SSSR count). The van der Waals surface area contributed by atoms with E-state index in [0.717, 1.165) is 113 Å². The monoisotopic (exact) mass is 1980 g/mol. The Hall–Kier alpha value is -18.0. The summed E-state index contributed by atoms with van der Waals surface area (Å²) in [4.78, 5) is 24.2. The Kier molecular flexibility index (Phi) is 26.5. The van der Waals surface area contributed by atoms with Gasteiger partial charge in [-0.15, -0.1) is 45.3 Å². The van der Waals surface area contributed by atoms with Gasteiger partial charge in [0.1, 0.15) is 0 Å². The summed E-state index contributed by atoms with van der Waals surface area (Å²) in [6, 6.07) is 210. The normalized spacial score (nSPS) is 11.6. The minimum absolute atomic E-state index is 0.236. The minimum Gasteiger partial charge on any atom is -0.311 e. The van der Waals surface area contributed by atoms with Gasteiger partial charge in [-0.3, -0.25) is 0 Å². The van der Waals surface area contributed by atoms with Crippen LogP contribution in [0.4, 0.5) is 102 Å². The predicted octanol–water partition coefficient (Wildman–Crippen LogP) is 41.7. The minimum atomic E-state index is -0.236. The average Bonchev–Trinajstić information content (AvgIpc) is 1.57. The Morgan fingerprint density at radius 2 is 0.248 bits per heavy atom. The topological polar surface area (TPSA) is 19.4 Å². The van der Waals surface area contributed by atoms with E-state index in [0.29, 0.717) is 0 Å². The fourth-order valence-corrected chi connectivity index (χ4v) is 24.4. The van der Waals surface area contributed by atoms with Crippen LogP contribution in [0.1, 0.15) is 25.0 Å². The quantitative estimate of drug-likeness (QED) is 0.0507. The van der Waals surface area contributed by atoms with Crippen molar-refractivity contribution in [1.82, 2.24) is 0 Å². The smallest absolute Gasteiger partial charge is 0.0465 e. The third-order valence-electron chi connectivity index (χ3n) is 27.9. The second-order valence-corrected chi connectivity index (χ2v) is 41.9. The SMILES string of the molecule is CC1(C)c2cc(N(c3ccccc3)c3ccc(-c4ccc(-c5ccccc5)s4)cc3)ccc2-c2ccc(N(c3ccccc3)c3ccc(-c4ccc(-c5ccccc5)s4)cc3)cc21.c1ccc(-c2ccc(-c3ccc(N(c4ccc(-c5ccc(N(c6ccc(-c7ccc(-c8ccccc8)s7)cc6)c6ccc(N(c7ccccc7)c7ccccc7)cc6)cc5)cc4)c4ccc(N(c5ccccc5)c5ccccc5)cc4)cc3)s2)cc1. The van der Waals surface area contributed by atoms with Crippen LogP contribution in [0.2, 0.25) is 0 Å². The highest BCUT2D eigenvalue weighted by Crippen LogP contribution is 2.55. The molecule has 149 heavy (non-hydrogen) atoms. The van der Waals surface area contributed by atoms with Crippen LogP contribution >= 0.6 is 45.3 Å². The molecule has 0 N–H and O–H groups in total. The Morgan fingerprint density at radius 3 is 0.423 bits per heavy atom. The molecule has 10 heteroatoms. The summed E-state index contributed by atoms with van der Waals surface area (Å²) >= 11 is 7.32. The first kappa shape index (κ1) is 93.4. The molecule has 0 unspecified atom stereocenters. The first-order valence-corrected chi connectivity index (χ1v) is 53.7. The van der Waals surface area contributed by atoms with E-state index in [1.54, 1.807) is 0 Å². The molecule has 0 atom stereocenters. The van der Waals surface area contributed by atoms with E-state index in [9.17, 15) is 0 Å². The number of thiophene rings is 4. The van der Waals surface area contributed by atoms with Gasteiger partial charge in [0, 0.05) is 147 Å². The number of benzene rings is 20. The molecule has 6 nitrogen and oxygen atoms in total. The Labute approximate surface area is 888 Å². The molecule has 0 fully saturated rings. The van der Waals surface area contributed by atoms with Gasteiger partial charge in [0.25, 0.3) is 0 Å². The molecule has 0 aliphatic heterocycles. The number of fused-ring (bicyclic) bond motifs is 3. The van der Waals surface area contributed by atoms with E-state index >= 15 is 0 Å². The molecule has 0 radical (unpaired) electrons. The molecule has 1 aliphatic rings. The van der Waals surface area contributed by atoms with Gasteiger partial charge in [0.2, 0.25) is 0 Å². The first-order chi connectivity index (χ1) is 73.6. The summed E-state index contributed by atoms with van der Waals surface area (Å²) in [6.45, 7) is 4.76.